The average molecular weight is 341 g/mol. The molecule has 0 unspecified atom stereocenters. The molecule has 1 atom stereocenters. The molecule has 0 fully saturated rings. The van der Waals surface area contributed by atoms with Crippen LogP contribution in [-0.4, -0.2) is 17.9 Å². The van der Waals surface area contributed by atoms with Gasteiger partial charge in [-0.25, -0.2) is 0 Å². The van der Waals surface area contributed by atoms with Crippen LogP contribution >= 0.6 is 0 Å². The molecule has 0 saturated carbocycles. The van der Waals surface area contributed by atoms with Crippen molar-refractivity contribution in [3.63, 3.8) is 0 Å². The predicted octanol–water partition coefficient (Wildman–Crippen LogP) is 5.27. The smallest absolute Gasteiger partial charge is 0.308 e. The van der Waals surface area contributed by atoms with E-state index in [1.54, 1.807) is 0 Å². The van der Waals surface area contributed by atoms with Gasteiger partial charge in [0.05, 0.1) is 0 Å². The zero-order chi connectivity index (χ0) is 18.0. The quantitative estimate of drug-likeness (QED) is 0.307. The molecule has 0 spiro atoms. The fourth-order valence-electron chi connectivity index (χ4n) is 2.76. The van der Waals surface area contributed by atoms with E-state index < -0.39 is 11.9 Å². The van der Waals surface area contributed by atoms with Crippen molar-refractivity contribution in [3.05, 3.63) is 4.91 Å². The van der Waals surface area contributed by atoms with Crippen molar-refractivity contribution in [3.8, 4) is 0 Å². The number of unbranched alkanes of at least 4 members (excludes halogenated alkanes) is 12. The summed E-state index contributed by atoms with van der Waals surface area (Å²) >= 11 is 0. The molecule has 0 aliphatic rings. The molecule has 5 heteroatoms. The summed E-state index contributed by atoms with van der Waals surface area (Å²) in [4.78, 5) is 32.6. The highest BCUT2D eigenvalue weighted by Crippen LogP contribution is 2.12. The van der Waals surface area contributed by atoms with Crippen LogP contribution in [0, 0.1) is 4.91 Å². The molecule has 2 amide bonds. The summed E-state index contributed by atoms with van der Waals surface area (Å²) in [6, 6.07) is -0.808. The second kappa shape index (κ2) is 16.6. The first-order valence-corrected chi connectivity index (χ1v) is 9.78. The van der Waals surface area contributed by atoms with Crippen LogP contribution in [-0.2, 0) is 9.59 Å². The Balaban J connectivity index is 3.29. The third-order valence-electron chi connectivity index (χ3n) is 4.35. The van der Waals surface area contributed by atoms with Gasteiger partial charge in [0.2, 0.25) is 5.91 Å². The molecule has 0 aromatic rings. The van der Waals surface area contributed by atoms with Crippen molar-refractivity contribution >= 4 is 11.8 Å². The van der Waals surface area contributed by atoms with Gasteiger partial charge in [0.25, 0.3) is 0 Å². The first-order valence-electron chi connectivity index (χ1n) is 9.78. The predicted molar refractivity (Wildman–Crippen MR) is 98.7 cm³/mol. The van der Waals surface area contributed by atoms with Crippen LogP contribution in [0.2, 0.25) is 0 Å². The van der Waals surface area contributed by atoms with Crippen molar-refractivity contribution in [2.24, 2.45) is 5.18 Å². The standard InChI is InChI=1S/C19H36N2O3/c1-3-4-5-6-7-8-9-10-11-12-13-14-15-16-18(22)20-17(2)19(23)21-24/h17H,3-16H2,1-2H3,(H,20,22)/t17-/m0/s1. The maximum absolute atomic E-state index is 11.6. The van der Waals surface area contributed by atoms with Crippen molar-refractivity contribution in [2.75, 3.05) is 0 Å². The highest BCUT2D eigenvalue weighted by molar-refractivity contribution is 5.87. The van der Waals surface area contributed by atoms with Crippen LogP contribution in [0.25, 0.3) is 0 Å². The van der Waals surface area contributed by atoms with Gasteiger partial charge in [-0.2, -0.15) is 0 Å². The Bertz CT molecular complexity index is 346. The second-order valence-electron chi connectivity index (χ2n) is 6.71. The minimum Gasteiger partial charge on any atom is -0.344 e. The third kappa shape index (κ3) is 14.3. The summed E-state index contributed by atoms with van der Waals surface area (Å²) in [6.45, 7) is 3.73. The van der Waals surface area contributed by atoms with E-state index in [9.17, 15) is 14.5 Å². The second-order valence-corrected chi connectivity index (χ2v) is 6.71. The number of nitroso groups, excluding NO2 is 1. The van der Waals surface area contributed by atoms with Crippen LogP contribution in [0.1, 0.15) is 104 Å². The van der Waals surface area contributed by atoms with Crippen molar-refractivity contribution in [2.45, 2.75) is 110 Å². The number of nitrogens with one attached hydrogen (secondary N) is 1. The summed E-state index contributed by atoms with van der Waals surface area (Å²) in [5, 5.41) is 4.80. The summed E-state index contributed by atoms with van der Waals surface area (Å²) in [5.74, 6) is -1.00. The van der Waals surface area contributed by atoms with E-state index in [0.717, 1.165) is 19.3 Å². The molecule has 0 saturated heterocycles. The largest absolute Gasteiger partial charge is 0.344 e. The number of carbonyl (C=O) groups excluding carboxylic acids is 2. The Morgan fingerprint density at radius 3 is 1.62 bits per heavy atom. The molecule has 140 valence electrons. The number of hydrogen-bond acceptors (Lipinski definition) is 3. The van der Waals surface area contributed by atoms with E-state index in [1.807, 2.05) is 0 Å². The summed E-state index contributed by atoms with van der Waals surface area (Å²) < 4.78 is 0. The Kier molecular flexibility index (Phi) is 15.7. The molecule has 0 rings (SSSR count). The first-order chi connectivity index (χ1) is 11.6. The summed E-state index contributed by atoms with van der Waals surface area (Å²) in [5.41, 5.74) is 0. The lowest BCUT2D eigenvalue weighted by molar-refractivity contribution is -0.127. The summed E-state index contributed by atoms with van der Waals surface area (Å²) in [6.07, 6.45) is 16.9. The minimum atomic E-state index is -0.825. The molecular formula is C19H36N2O3. The molecule has 0 aromatic carbocycles. The Labute approximate surface area is 147 Å². The normalized spacial score (nSPS) is 11.9. The molecule has 1 N–H and O–H groups in total. The molecule has 0 heterocycles. The maximum atomic E-state index is 11.6. The third-order valence-corrected chi connectivity index (χ3v) is 4.35. The Morgan fingerprint density at radius 2 is 1.21 bits per heavy atom. The van der Waals surface area contributed by atoms with E-state index in [1.165, 1.54) is 71.1 Å². The Morgan fingerprint density at radius 1 is 0.792 bits per heavy atom. The molecule has 0 aromatic heterocycles. The lowest BCUT2D eigenvalue weighted by Gasteiger charge is -2.08. The van der Waals surface area contributed by atoms with Gasteiger partial charge in [0.1, 0.15) is 6.04 Å². The molecule has 0 aliphatic heterocycles. The van der Waals surface area contributed by atoms with Gasteiger partial charge >= 0.3 is 5.91 Å². The fraction of sp³-hybridized carbons (Fsp3) is 0.895. The van der Waals surface area contributed by atoms with Crippen LogP contribution < -0.4 is 5.32 Å². The van der Waals surface area contributed by atoms with Crippen molar-refractivity contribution in [1.82, 2.24) is 5.32 Å². The number of nitrogens with zero attached hydrogens (tertiary/aromatic N) is 1. The number of carbonyl (C=O) groups is 2. The fourth-order valence-corrected chi connectivity index (χ4v) is 2.76. The average Bonchev–Trinajstić information content (AvgIpc) is 2.58. The highest BCUT2D eigenvalue weighted by atomic mass is 16.3. The maximum Gasteiger partial charge on any atom is 0.308 e. The molecular weight excluding hydrogens is 304 g/mol. The Hall–Kier alpha value is -1.26. The van der Waals surface area contributed by atoms with Crippen molar-refractivity contribution in [1.29, 1.82) is 0 Å². The van der Waals surface area contributed by atoms with Gasteiger partial charge in [-0.05, 0) is 13.3 Å². The van der Waals surface area contributed by atoms with Gasteiger partial charge in [0.15, 0.2) is 0 Å². The highest BCUT2D eigenvalue weighted by Gasteiger charge is 2.15. The van der Waals surface area contributed by atoms with Crippen LogP contribution in [0.5, 0.6) is 0 Å². The molecule has 0 aliphatic carbocycles. The lowest BCUT2D eigenvalue weighted by atomic mass is 10.0. The minimum absolute atomic E-state index is 0.178. The number of rotatable bonds is 16. The van der Waals surface area contributed by atoms with E-state index in [2.05, 4.69) is 17.4 Å². The van der Waals surface area contributed by atoms with Gasteiger partial charge in [0, 0.05) is 11.6 Å². The van der Waals surface area contributed by atoms with Gasteiger partial charge in [-0.15, -0.1) is 4.91 Å². The lowest BCUT2D eigenvalue weighted by Crippen LogP contribution is -2.37. The summed E-state index contributed by atoms with van der Waals surface area (Å²) in [7, 11) is 0. The van der Waals surface area contributed by atoms with E-state index in [-0.39, 0.29) is 5.91 Å². The number of hydrogen-bond donors (Lipinski definition) is 1. The van der Waals surface area contributed by atoms with Gasteiger partial charge < -0.3 is 5.32 Å². The van der Waals surface area contributed by atoms with Crippen molar-refractivity contribution < 1.29 is 9.59 Å². The molecule has 5 nitrogen and oxygen atoms in total. The SMILES string of the molecule is CCCCCCCCCCCCCCCC(=O)N[C@@H](C)C(=O)N=O. The zero-order valence-electron chi connectivity index (χ0n) is 15.6. The molecule has 0 radical (unpaired) electrons. The zero-order valence-corrected chi connectivity index (χ0v) is 15.6. The van der Waals surface area contributed by atoms with E-state index in [0.29, 0.717) is 6.42 Å². The first kappa shape index (κ1) is 22.7. The van der Waals surface area contributed by atoms with Gasteiger partial charge in [-0.3, -0.25) is 9.59 Å². The van der Waals surface area contributed by atoms with E-state index >= 15 is 0 Å². The van der Waals surface area contributed by atoms with Crippen LogP contribution in [0.3, 0.4) is 0 Å². The van der Waals surface area contributed by atoms with Crippen LogP contribution in [0.15, 0.2) is 5.18 Å². The molecule has 0 bridgehead atoms. The van der Waals surface area contributed by atoms with Gasteiger partial charge in [-0.1, -0.05) is 84.0 Å². The molecule has 24 heavy (non-hydrogen) atoms. The van der Waals surface area contributed by atoms with Crippen LogP contribution in [0.4, 0.5) is 0 Å². The number of amides is 2. The monoisotopic (exact) mass is 340 g/mol. The topological polar surface area (TPSA) is 75.6 Å². The van der Waals surface area contributed by atoms with E-state index in [4.69, 9.17) is 0 Å².